The zero-order valence-electron chi connectivity index (χ0n) is 13.8. The highest BCUT2D eigenvalue weighted by atomic mass is 127. The number of benzene rings is 1. The van der Waals surface area contributed by atoms with E-state index in [4.69, 9.17) is 5.73 Å². The molecule has 4 nitrogen and oxygen atoms in total. The summed E-state index contributed by atoms with van der Waals surface area (Å²) in [6, 6.07) is 6.60. The van der Waals surface area contributed by atoms with E-state index in [1.54, 1.807) is 12.1 Å². The zero-order valence-corrected chi connectivity index (χ0v) is 16.2. The maximum absolute atomic E-state index is 13.0. The van der Waals surface area contributed by atoms with Crippen LogP contribution in [0.1, 0.15) is 31.9 Å². The highest BCUT2D eigenvalue weighted by Crippen LogP contribution is 2.18. The Hall–Kier alpha value is -0.890. The Kier molecular flexibility index (Phi) is 10.3. The molecule has 0 saturated carbocycles. The molecule has 22 heavy (non-hydrogen) atoms. The van der Waals surface area contributed by atoms with Crippen LogP contribution in [-0.2, 0) is 0 Å². The van der Waals surface area contributed by atoms with Crippen LogP contribution in [0.5, 0.6) is 0 Å². The van der Waals surface area contributed by atoms with Gasteiger partial charge in [0.1, 0.15) is 5.82 Å². The van der Waals surface area contributed by atoms with Crippen molar-refractivity contribution in [1.82, 2.24) is 10.2 Å². The summed E-state index contributed by atoms with van der Waals surface area (Å²) in [5, 5.41) is 3.12. The second kappa shape index (κ2) is 10.8. The van der Waals surface area contributed by atoms with E-state index < -0.39 is 0 Å². The minimum absolute atomic E-state index is 0. The van der Waals surface area contributed by atoms with Gasteiger partial charge in [0.25, 0.3) is 0 Å². The second-order valence-corrected chi connectivity index (χ2v) is 5.87. The monoisotopic (exact) mass is 422 g/mol. The number of halogens is 2. The Labute approximate surface area is 150 Å². The molecule has 0 radical (unpaired) electrons. The summed E-state index contributed by atoms with van der Waals surface area (Å²) < 4.78 is 13.0. The third kappa shape index (κ3) is 7.93. The molecule has 0 aliphatic heterocycles. The van der Waals surface area contributed by atoms with Gasteiger partial charge >= 0.3 is 0 Å². The Balaban J connectivity index is 0.00000441. The third-order valence-corrected chi connectivity index (χ3v) is 3.34. The molecule has 1 aromatic carbocycles. The number of aliphatic imine (C=N–C) groups is 1. The molecular formula is C16H28FIN4. The summed E-state index contributed by atoms with van der Waals surface area (Å²) in [5.74, 6) is 0.873. The van der Waals surface area contributed by atoms with Gasteiger partial charge in [-0.25, -0.2) is 4.39 Å². The van der Waals surface area contributed by atoms with E-state index >= 15 is 0 Å². The van der Waals surface area contributed by atoms with E-state index in [9.17, 15) is 4.39 Å². The first kappa shape index (κ1) is 21.1. The smallest absolute Gasteiger partial charge is 0.188 e. The van der Waals surface area contributed by atoms with Crippen molar-refractivity contribution in [2.45, 2.75) is 26.3 Å². The Morgan fingerprint density at radius 3 is 2.36 bits per heavy atom. The molecule has 6 heteroatoms. The molecule has 3 N–H and O–H groups in total. The lowest BCUT2D eigenvalue weighted by Crippen LogP contribution is -2.34. The molecule has 0 aliphatic carbocycles. The fourth-order valence-electron chi connectivity index (χ4n) is 1.98. The fourth-order valence-corrected chi connectivity index (χ4v) is 1.98. The largest absolute Gasteiger partial charge is 0.370 e. The van der Waals surface area contributed by atoms with E-state index in [0.717, 1.165) is 18.5 Å². The lowest BCUT2D eigenvalue weighted by atomic mass is 10.1. The van der Waals surface area contributed by atoms with Crippen LogP contribution in [0.3, 0.4) is 0 Å². The first-order valence-corrected chi connectivity index (χ1v) is 7.35. The van der Waals surface area contributed by atoms with Crippen molar-refractivity contribution in [2.75, 3.05) is 27.2 Å². The van der Waals surface area contributed by atoms with Gasteiger partial charge in [-0.1, -0.05) is 26.0 Å². The highest BCUT2D eigenvalue weighted by Gasteiger charge is 2.13. The van der Waals surface area contributed by atoms with Gasteiger partial charge in [0, 0.05) is 6.54 Å². The SMILES string of the molecule is CC(C)CCNC(N)=NCC(c1ccc(F)cc1)N(C)C.I. The Morgan fingerprint density at radius 1 is 1.27 bits per heavy atom. The highest BCUT2D eigenvalue weighted by molar-refractivity contribution is 14.0. The third-order valence-electron chi connectivity index (χ3n) is 3.34. The number of nitrogens with zero attached hydrogens (tertiary/aromatic N) is 2. The molecule has 0 aliphatic rings. The summed E-state index contributed by atoms with van der Waals surface area (Å²) >= 11 is 0. The van der Waals surface area contributed by atoms with E-state index in [-0.39, 0.29) is 35.8 Å². The van der Waals surface area contributed by atoms with Crippen LogP contribution in [0.2, 0.25) is 0 Å². The van der Waals surface area contributed by atoms with Crippen LogP contribution >= 0.6 is 24.0 Å². The van der Waals surface area contributed by atoms with Gasteiger partial charge in [-0.05, 0) is 44.1 Å². The summed E-state index contributed by atoms with van der Waals surface area (Å²) in [6.45, 7) is 5.71. The standard InChI is InChI=1S/C16H27FN4.HI/c1-12(2)9-10-19-16(18)20-11-15(21(3)4)13-5-7-14(17)8-6-13;/h5-8,12,15H,9-11H2,1-4H3,(H3,18,19,20);1H. The molecule has 0 fully saturated rings. The molecule has 1 aromatic rings. The number of guanidine groups is 1. The van der Waals surface area contributed by atoms with Crippen molar-refractivity contribution in [3.8, 4) is 0 Å². The molecule has 1 unspecified atom stereocenters. The van der Waals surface area contributed by atoms with Crippen molar-refractivity contribution < 1.29 is 4.39 Å². The summed E-state index contributed by atoms with van der Waals surface area (Å²) in [4.78, 5) is 6.44. The van der Waals surface area contributed by atoms with Crippen molar-refractivity contribution in [1.29, 1.82) is 0 Å². The minimum Gasteiger partial charge on any atom is -0.370 e. The number of likely N-dealkylation sites (N-methyl/N-ethyl adjacent to an activating group) is 1. The number of nitrogens with one attached hydrogen (secondary N) is 1. The normalized spacial score (nSPS) is 13.1. The topological polar surface area (TPSA) is 53.6 Å². The molecule has 0 spiro atoms. The second-order valence-electron chi connectivity index (χ2n) is 5.87. The van der Waals surface area contributed by atoms with Gasteiger partial charge in [0.05, 0.1) is 12.6 Å². The lowest BCUT2D eigenvalue weighted by Gasteiger charge is -2.23. The van der Waals surface area contributed by atoms with Gasteiger partial charge in [-0.15, -0.1) is 24.0 Å². The molecule has 126 valence electrons. The van der Waals surface area contributed by atoms with Crippen LogP contribution < -0.4 is 11.1 Å². The fraction of sp³-hybridized carbons (Fsp3) is 0.562. The van der Waals surface area contributed by atoms with Crippen molar-refractivity contribution in [3.05, 3.63) is 35.6 Å². The molecule has 0 heterocycles. The van der Waals surface area contributed by atoms with Gasteiger partial charge in [0.2, 0.25) is 0 Å². The average Bonchev–Trinajstić information content (AvgIpc) is 2.40. The van der Waals surface area contributed by atoms with Crippen LogP contribution in [0.4, 0.5) is 4.39 Å². The van der Waals surface area contributed by atoms with Gasteiger partial charge in [-0.2, -0.15) is 0 Å². The summed E-state index contributed by atoms with van der Waals surface area (Å²) in [6.07, 6.45) is 1.06. The zero-order chi connectivity index (χ0) is 15.8. The van der Waals surface area contributed by atoms with Crippen molar-refractivity contribution >= 4 is 29.9 Å². The molecule has 1 atom stereocenters. The lowest BCUT2D eigenvalue weighted by molar-refractivity contribution is 0.306. The Bertz CT molecular complexity index is 446. The molecule has 0 bridgehead atoms. The summed E-state index contributed by atoms with van der Waals surface area (Å²) in [5.41, 5.74) is 6.90. The van der Waals surface area contributed by atoms with Crippen LogP contribution in [-0.4, -0.2) is 38.0 Å². The Morgan fingerprint density at radius 2 is 1.86 bits per heavy atom. The van der Waals surface area contributed by atoms with Crippen LogP contribution in [0.25, 0.3) is 0 Å². The van der Waals surface area contributed by atoms with Gasteiger partial charge < -0.3 is 16.0 Å². The minimum atomic E-state index is -0.227. The van der Waals surface area contributed by atoms with Gasteiger partial charge in [0.15, 0.2) is 5.96 Å². The number of rotatable bonds is 7. The van der Waals surface area contributed by atoms with E-state index in [1.165, 1.54) is 12.1 Å². The van der Waals surface area contributed by atoms with Crippen molar-refractivity contribution in [3.63, 3.8) is 0 Å². The predicted octanol–water partition coefficient (Wildman–Crippen LogP) is 3.00. The average molecular weight is 422 g/mol. The molecular weight excluding hydrogens is 394 g/mol. The number of hydrogen-bond donors (Lipinski definition) is 2. The molecule has 0 amide bonds. The molecule has 0 aromatic heterocycles. The number of nitrogens with two attached hydrogens (primary N) is 1. The molecule has 1 rings (SSSR count). The maximum atomic E-state index is 13.0. The number of hydrogen-bond acceptors (Lipinski definition) is 2. The van der Waals surface area contributed by atoms with E-state index in [2.05, 4.69) is 29.1 Å². The van der Waals surface area contributed by atoms with Crippen LogP contribution in [0.15, 0.2) is 29.3 Å². The van der Waals surface area contributed by atoms with E-state index in [1.807, 2.05) is 14.1 Å². The van der Waals surface area contributed by atoms with Crippen molar-refractivity contribution in [2.24, 2.45) is 16.6 Å². The van der Waals surface area contributed by atoms with Crippen LogP contribution in [0, 0.1) is 11.7 Å². The predicted molar refractivity (Wildman–Crippen MR) is 102 cm³/mol. The summed E-state index contributed by atoms with van der Waals surface area (Å²) in [7, 11) is 3.96. The first-order chi connectivity index (χ1) is 9.90. The maximum Gasteiger partial charge on any atom is 0.188 e. The quantitative estimate of drug-likeness (QED) is 0.404. The molecule has 0 saturated heterocycles. The first-order valence-electron chi connectivity index (χ1n) is 7.35. The van der Waals surface area contributed by atoms with E-state index in [0.29, 0.717) is 18.4 Å². The van der Waals surface area contributed by atoms with Gasteiger partial charge in [-0.3, -0.25) is 4.99 Å².